The molecule has 2 N–H and O–H groups in total. The number of hydrogen-bond acceptors (Lipinski definition) is 4. The monoisotopic (exact) mass is 290 g/mol. The number of nitrogens with zero attached hydrogens (tertiary/aromatic N) is 2. The van der Waals surface area contributed by atoms with E-state index < -0.39 is 0 Å². The molecule has 6 nitrogen and oxygen atoms in total. The van der Waals surface area contributed by atoms with Crippen molar-refractivity contribution in [3.05, 3.63) is 46.2 Å². The molecular weight excluding hydrogens is 272 g/mol. The first kappa shape index (κ1) is 15.2. The summed E-state index contributed by atoms with van der Waals surface area (Å²) in [6.45, 7) is -0.172. The van der Waals surface area contributed by atoms with E-state index in [0.717, 1.165) is 0 Å². The Bertz CT molecular complexity index is 702. The predicted molar refractivity (Wildman–Crippen MR) is 79.3 cm³/mol. The van der Waals surface area contributed by atoms with Crippen molar-refractivity contribution in [2.45, 2.75) is 0 Å². The molecule has 21 heavy (non-hydrogen) atoms. The fourth-order valence-corrected chi connectivity index (χ4v) is 2.31. The lowest BCUT2D eigenvalue weighted by Crippen LogP contribution is -2.36. The molecule has 0 saturated heterocycles. The molecule has 1 aromatic carbocycles. The van der Waals surface area contributed by atoms with Crippen LogP contribution in [-0.2, 0) is 7.05 Å². The smallest absolute Gasteiger partial charge is 0.254 e. The van der Waals surface area contributed by atoms with Crippen LogP contribution in [0.3, 0.4) is 0 Å². The number of pyridine rings is 1. The van der Waals surface area contributed by atoms with Crippen LogP contribution in [0.5, 0.6) is 0 Å². The highest BCUT2D eigenvalue weighted by atomic mass is 16.3. The molecular formula is C15H18N2O4. The van der Waals surface area contributed by atoms with Gasteiger partial charge in [-0.2, -0.15) is 0 Å². The zero-order chi connectivity index (χ0) is 15.4. The number of carbonyl (C=O) groups excluding carboxylic acids is 1. The Balaban J connectivity index is 2.57. The molecule has 1 heterocycles. The first-order valence-electron chi connectivity index (χ1n) is 6.70. The summed E-state index contributed by atoms with van der Waals surface area (Å²) in [7, 11) is 1.65. The minimum Gasteiger partial charge on any atom is -0.395 e. The highest BCUT2D eigenvalue weighted by Crippen LogP contribution is 2.17. The SMILES string of the molecule is Cn1c(=O)cc(C(=O)N(CCO)CCO)c2ccccc21. The van der Waals surface area contributed by atoms with E-state index in [1.54, 1.807) is 31.3 Å². The van der Waals surface area contributed by atoms with Crippen molar-refractivity contribution >= 4 is 16.8 Å². The van der Waals surface area contributed by atoms with Gasteiger partial charge in [0.2, 0.25) is 0 Å². The Morgan fingerprint density at radius 1 is 1.19 bits per heavy atom. The summed E-state index contributed by atoms with van der Waals surface area (Å²) in [6, 6.07) is 8.45. The van der Waals surface area contributed by atoms with Gasteiger partial charge in [-0.15, -0.1) is 0 Å². The minimum atomic E-state index is -0.369. The van der Waals surface area contributed by atoms with Crippen molar-refractivity contribution < 1.29 is 15.0 Å². The number of hydrogen-bond donors (Lipinski definition) is 2. The maximum atomic E-state index is 12.6. The van der Waals surface area contributed by atoms with Crippen LogP contribution in [0.1, 0.15) is 10.4 Å². The molecule has 0 fully saturated rings. The molecule has 6 heteroatoms. The third-order valence-corrected chi connectivity index (χ3v) is 3.41. The van der Waals surface area contributed by atoms with Gasteiger partial charge in [0, 0.05) is 31.6 Å². The van der Waals surface area contributed by atoms with Crippen LogP contribution in [0.4, 0.5) is 0 Å². The fraction of sp³-hybridized carbons (Fsp3) is 0.333. The first-order valence-corrected chi connectivity index (χ1v) is 6.70. The van der Waals surface area contributed by atoms with Gasteiger partial charge in [-0.3, -0.25) is 9.59 Å². The van der Waals surface area contributed by atoms with Gasteiger partial charge in [-0.1, -0.05) is 18.2 Å². The van der Waals surface area contributed by atoms with Crippen molar-refractivity contribution in [1.29, 1.82) is 0 Å². The standard InChI is InChI=1S/C15H18N2O4/c1-16-13-5-3-2-4-11(13)12(10-14(16)20)15(21)17(6-8-18)7-9-19/h2-5,10,18-19H,6-9H2,1H3. The number of aromatic nitrogens is 1. The van der Waals surface area contributed by atoms with Crippen LogP contribution in [0.25, 0.3) is 10.9 Å². The third-order valence-electron chi connectivity index (χ3n) is 3.41. The number of rotatable bonds is 5. The third kappa shape index (κ3) is 2.96. The average molecular weight is 290 g/mol. The van der Waals surface area contributed by atoms with Gasteiger partial charge >= 0.3 is 0 Å². The summed E-state index contributed by atoms with van der Waals surface area (Å²) in [5, 5.41) is 18.7. The molecule has 0 bridgehead atoms. The van der Waals surface area contributed by atoms with Crippen molar-refractivity contribution in [3.63, 3.8) is 0 Å². The second kappa shape index (κ2) is 6.51. The molecule has 2 aromatic rings. The molecule has 0 aliphatic carbocycles. The van der Waals surface area contributed by atoms with Crippen LogP contribution in [0.2, 0.25) is 0 Å². The summed E-state index contributed by atoms with van der Waals surface area (Å²) in [5.74, 6) is -0.369. The zero-order valence-corrected chi connectivity index (χ0v) is 11.8. The Labute approximate surface area is 121 Å². The second-order valence-corrected chi connectivity index (χ2v) is 4.71. The largest absolute Gasteiger partial charge is 0.395 e. The molecule has 2 rings (SSSR count). The normalized spacial score (nSPS) is 10.8. The molecule has 0 unspecified atom stereocenters. The maximum Gasteiger partial charge on any atom is 0.254 e. The summed E-state index contributed by atoms with van der Waals surface area (Å²) < 4.78 is 1.48. The van der Waals surface area contributed by atoms with Gasteiger partial charge in [-0.25, -0.2) is 0 Å². The van der Waals surface area contributed by atoms with Gasteiger partial charge in [0.15, 0.2) is 0 Å². The first-order chi connectivity index (χ1) is 10.1. The summed E-state index contributed by atoms with van der Waals surface area (Å²) in [6.07, 6.45) is 0. The number of carbonyl (C=O) groups is 1. The van der Waals surface area contributed by atoms with Gasteiger partial charge in [0.05, 0.1) is 24.3 Å². The van der Waals surface area contributed by atoms with Gasteiger partial charge < -0.3 is 19.7 Å². The Morgan fingerprint density at radius 3 is 2.43 bits per heavy atom. The van der Waals surface area contributed by atoms with Gasteiger partial charge in [0.25, 0.3) is 11.5 Å². The Kier molecular flexibility index (Phi) is 4.72. The van der Waals surface area contributed by atoms with Crippen LogP contribution in [0, 0.1) is 0 Å². The second-order valence-electron chi connectivity index (χ2n) is 4.71. The lowest BCUT2D eigenvalue weighted by molar-refractivity contribution is 0.0686. The van der Waals surface area contributed by atoms with Crippen molar-refractivity contribution in [3.8, 4) is 0 Å². The van der Waals surface area contributed by atoms with E-state index in [-0.39, 0.29) is 43.3 Å². The highest BCUT2D eigenvalue weighted by molar-refractivity contribution is 6.06. The van der Waals surface area contributed by atoms with E-state index in [1.807, 2.05) is 0 Å². The highest BCUT2D eigenvalue weighted by Gasteiger charge is 2.19. The topological polar surface area (TPSA) is 82.8 Å². The molecule has 112 valence electrons. The lowest BCUT2D eigenvalue weighted by atomic mass is 10.1. The molecule has 0 aliphatic heterocycles. The van der Waals surface area contributed by atoms with Crippen LogP contribution < -0.4 is 5.56 Å². The van der Waals surface area contributed by atoms with Crippen LogP contribution in [0.15, 0.2) is 35.1 Å². The molecule has 1 aromatic heterocycles. The van der Waals surface area contributed by atoms with E-state index in [1.165, 1.54) is 15.5 Å². The summed E-state index contributed by atoms with van der Waals surface area (Å²) in [5.41, 5.74) is 0.682. The molecule has 0 spiro atoms. The summed E-state index contributed by atoms with van der Waals surface area (Å²) in [4.78, 5) is 25.9. The van der Waals surface area contributed by atoms with Crippen molar-refractivity contribution in [2.24, 2.45) is 7.05 Å². The number of amides is 1. The number of benzene rings is 1. The van der Waals surface area contributed by atoms with Crippen LogP contribution in [-0.4, -0.2) is 51.9 Å². The number of aryl methyl sites for hydroxylation is 1. The Hall–Kier alpha value is -2.18. The molecule has 0 aliphatic rings. The van der Waals surface area contributed by atoms with E-state index in [0.29, 0.717) is 10.9 Å². The van der Waals surface area contributed by atoms with E-state index in [9.17, 15) is 9.59 Å². The van der Waals surface area contributed by atoms with Gasteiger partial charge in [0.1, 0.15) is 0 Å². The lowest BCUT2D eigenvalue weighted by Gasteiger charge is -2.21. The average Bonchev–Trinajstić information content (AvgIpc) is 2.50. The predicted octanol–water partition coefficient (Wildman–Crippen LogP) is -0.0347. The number of aliphatic hydroxyl groups excluding tert-OH is 2. The molecule has 0 atom stereocenters. The number of para-hydroxylation sites is 1. The van der Waals surface area contributed by atoms with Crippen molar-refractivity contribution in [1.82, 2.24) is 9.47 Å². The molecule has 0 radical (unpaired) electrons. The zero-order valence-electron chi connectivity index (χ0n) is 11.8. The number of aliphatic hydroxyl groups is 2. The maximum absolute atomic E-state index is 12.6. The number of fused-ring (bicyclic) bond motifs is 1. The summed E-state index contributed by atoms with van der Waals surface area (Å²) >= 11 is 0. The van der Waals surface area contributed by atoms with Gasteiger partial charge in [-0.05, 0) is 6.07 Å². The molecule has 0 saturated carbocycles. The van der Waals surface area contributed by atoms with Crippen LogP contribution >= 0.6 is 0 Å². The van der Waals surface area contributed by atoms with E-state index >= 15 is 0 Å². The quantitative estimate of drug-likeness (QED) is 0.810. The van der Waals surface area contributed by atoms with E-state index in [2.05, 4.69) is 0 Å². The molecule has 1 amide bonds. The van der Waals surface area contributed by atoms with E-state index in [4.69, 9.17) is 10.2 Å². The minimum absolute atomic E-state index is 0.114. The fourth-order valence-electron chi connectivity index (χ4n) is 2.31. The van der Waals surface area contributed by atoms with Crippen molar-refractivity contribution in [2.75, 3.05) is 26.3 Å². The Morgan fingerprint density at radius 2 is 1.81 bits per heavy atom.